The molecular weight excluding hydrogens is 160 g/mol. The molecule has 0 amide bonds. The highest BCUT2D eigenvalue weighted by Gasteiger charge is 1.96. The Bertz CT molecular complexity index is 309. The van der Waals surface area contributed by atoms with E-state index in [1.54, 1.807) is 0 Å². The molecule has 68 valence electrons. The summed E-state index contributed by atoms with van der Waals surface area (Å²) in [6.07, 6.45) is 3.75. The first-order valence-corrected chi connectivity index (χ1v) is 4.33. The maximum Gasteiger partial charge on any atom is 0.0270 e. The molecule has 0 fully saturated rings. The van der Waals surface area contributed by atoms with Crippen LogP contribution in [0.5, 0.6) is 0 Å². The summed E-state index contributed by atoms with van der Waals surface area (Å²) in [6.45, 7) is 2.12. The minimum atomic E-state index is 0.752. The maximum absolute atomic E-state index is 7.12. The lowest BCUT2D eigenvalue weighted by molar-refractivity contribution is 1.14. The van der Waals surface area contributed by atoms with E-state index in [0.717, 1.165) is 17.6 Å². The molecule has 0 aliphatic carbocycles. The average molecular weight is 174 g/mol. The summed E-state index contributed by atoms with van der Waals surface area (Å²) in [5.41, 5.74) is 8.42. The molecule has 1 aromatic carbocycles. The van der Waals surface area contributed by atoms with Gasteiger partial charge in [-0.05, 0) is 17.5 Å². The van der Waals surface area contributed by atoms with Gasteiger partial charge in [-0.15, -0.1) is 0 Å². The van der Waals surface area contributed by atoms with Crippen LogP contribution in [0.4, 0.5) is 0 Å². The van der Waals surface area contributed by atoms with Crippen molar-refractivity contribution in [3.63, 3.8) is 0 Å². The van der Waals surface area contributed by atoms with Crippen LogP contribution in [0, 0.1) is 5.41 Å². The number of nitrogens with one attached hydrogen (secondary N) is 1. The van der Waals surface area contributed by atoms with Gasteiger partial charge in [-0.2, -0.15) is 0 Å². The molecule has 0 aromatic heterocycles. The minimum Gasteiger partial charge on any atom is -0.404 e. The summed E-state index contributed by atoms with van der Waals surface area (Å²) in [4.78, 5) is 0. The zero-order valence-electron chi connectivity index (χ0n) is 7.75. The molecule has 1 aromatic rings. The van der Waals surface area contributed by atoms with Crippen molar-refractivity contribution in [3.05, 3.63) is 41.6 Å². The first-order valence-electron chi connectivity index (χ1n) is 4.33. The van der Waals surface area contributed by atoms with Gasteiger partial charge in [0, 0.05) is 18.0 Å². The molecule has 0 atom stereocenters. The Morgan fingerprint density at radius 3 is 2.38 bits per heavy atom. The Morgan fingerprint density at radius 2 is 2.00 bits per heavy atom. The third-order valence-corrected chi connectivity index (χ3v) is 2.03. The van der Waals surface area contributed by atoms with E-state index in [1.165, 1.54) is 18.0 Å². The van der Waals surface area contributed by atoms with Crippen LogP contribution in [0.1, 0.15) is 18.1 Å². The predicted octanol–water partition coefficient (Wildman–Crippen LogP) is 2.20. The summed E-state index contributed by atoms with van der Waals surface area (Å²) < 4.78 is 0. The molecular formula is C11H14N2. The summed E-state index contributed by atoms with van der Waals surface area (Å²) in [5, 5.41) is 7.12. The van der Waals surface area contributed by atoms with Crippen LogP contribution in [-0.4, -0.2) is 6.21 Å². The highest BCUT2D eigenvalue weighted by Crippen LogP contribution is 2.12. The van der Waals surface area contributed by atoms with Crippen molar-refractivity contribution < 1.29 is 0 Å². The lowest BCUT2D eigenvalue weighted by atomic mass is 10.0. The van der Waals surface area contributed by atoms with Crippen molar-refractivity contribution in [1.82, 2.24) is 0 Å². The van der Waals surface area contributed by atoms with Gasteiger partial charge in [0.25, 0.3) is 0 Å². The molecule has 2 nitrogen and oxygen atoms in total. The second-order valence-electron chi connectivity index (χ2n) is 2.82. The lowest BCUT2D eigenvalue weighted by Crippen LogP contribution is -1.90. The summed E-state index contributed by atoms with van der Waals surface area (Å²) in [6, 6.07) is 8.09. The van der Waals surface area contributed by atoms with E-state index in [1.807, 2.05) is 12.1 Å². The van der Waals surface area contributed by atoms with E-state index < -0.39 is 0 Å². The van der Waals surface area contributed by atoms with Gasteiger partial charge >= 0.3 is 0 Å². The Labute approximate surface area is 78.6 Å². The van der Waals surface area contributed by atoms with Crippen LogP contribution in [0.15, 0.2) is 30.5 Å². The van der Waals surface area contributed by atoms with Crippen molar-refractivity contribution in [2.75, 3.05) is 0 Å². The van der Waals surface area contributed by atoms with Gasteiger partial charge < -0.3 is 11.1 Å². The number of hydrogen-bond acceptors (Lipinski definition) is 2. The summed E-state index contributed by atoms with van der Waals surface area (Å²) in [5.74, 6) is 0. The highest BCUT2D eigenvalue weighted by atomic mass is 14.5. The van der Waals surface area contributed by atoms with Crippen LogP contribution in [-0.2, 0) is 6.42 Å². The van der Waals surface area contributed by atoms with Gasteiger partial charge in [-0.3, -0.25) is 0 Å². The molecule has 3 N–H and O–H groups in total. The van der Waals surface area contributed by atoms with Gasteiger partial charge in [0.1, 0.15) is 0 Å². The second-order valence-corrected chi connectivity index (χ2v) is 2.82. The van der Waals surface area contributed by atoms with Crippen LogP contribution in [0.3, 0.4) is 0 Å². The number of aryl methyl sites for hydroxylation is 1. The van der Waals surface area contributed by atoms with Crippen LogP contribution in [0.25, 0.3) is 5.57 Å². The van der Waals surface area contributed by atoms with Crippen LogP contribution >= 0.6 is 0 Å². The number of allylic oxidation sites excluding steroid dienone is 1. The largest absolute Gasteiger partial charge is 0.404 e. The monoisotopic (exact) mass is 174 g/mol. The topological polar surface area (TPSA) is 49.9 Å². The minimum absolute atomic E-state index is 0.752. The Hall–Kier alpha value is -1.57. The average Bonchev–Trinajstić information content (AvgIpc) is 2.21. The Balaban J connectivity index is 2.97. The number of nitrogens with two attached hydrogens (primary N) is 1. The Kier molecular flexibility index (Phi) is 3.26. The van der Waals surface area contributed by atoms with Gasteiger partial charge in [-0.1, -0.05) is 31.2 Å². The SMILES string of the molecule is CCc1ccc(/C(C=N)=C/N)cc1. The van der Waals surface area contributed by atoms with Crippen molar-refractivity contribution >= 4 is 11.8 Å². The third-order valence-electron chi connectivity index (χ3n) is 2.03. The van der Waals surface area contributed by atoms with Crippen molar-refractivity contribution in [2.24, 2.45) is 5.73 Å². The lowest BCUT2D eigenvalue weighted by Gasteiger charge is -2.01. The predicted molar refractivity (Wildman–Crippen MR) is 56.8 cm³/mol. The molecule has 0 saturated heterocycles. The van der Waals surface area contributed by atoms with Gasteiger partial charge in [0.15, 0.2) is 0 Å². The maximum atomic E-state index is 7.12. The molecule has 0 bridgehead atoms. The van der Waals surface area contributed by atoms with Crippen LogP contribution in [0.2, 0.25) is 0 Å². The molecule has 0 heterocycles. The van der Waals surface area contributed by atoms with Crippen molar-refractivity contribution in [3.8, 4) is 0 Å². The standard InChI is InChI=1S/C11H14N2/c1-2-9-3-5-10(6-4-9)11(7-12)8-13/h3-8,12H,2,13H2,1H3/b11-8+,12-7?. The molecule has 1 rings (SSSR count). The molecule has 0 saturated carbocycles. The molecule has 13 heavy (non-hydrogen) atoms. The van der Waals surface area contributed by atoms with Gasteiger partial charge in [0.05, 0.1) is 0 Å². The number of hydrogen-bond donors (Lipinski definition) is 2. The van der Waals surface area contributed by atoms with Gasteiger partial charge in [0.2, 0.25) is 0 Å². The first kappa shape index (κ1) is 9.52. The van der Waals surface area contributed by atoms with E-state index in [-0.39, 0.29) is 0 Å². The molecule has 0 spiro atoms. The quantitative estimate of drug-likeness (QED) is 0.678. The van der Waals surface area contributed by atoms with E-state index in [0.29, 0.717) is 0 Å². The highest BCUT2D eigenvalue weighted by molar-refractivity contribution is 6.08. The summed E-state index contributed by atoms with van der Waals surface area (Å²) in [7, 11) is 0. The first-order chi connectivity index (χ1) is 6.31. The smallest absolute Gasteiger partial charge is 0.0270 e. The zero-order valence-corrected chi connectivity index (χ0v) is 7.75. The molecule has 2 heteroatoms. The van der Waals surface area contributed by atoms with Crippen LogP contribution < -0.4 is 5.73 Å². The van der Waals surface area contributed by atoms with E-state index in [2.05, 4.69) is 19.1 Å². The van der Waals surface area contributed by atoms with E-state index in [4.69, 9.17) is 11.1 Å². The van der Waals surface area contributed by atoms with Crippen molar-refractivity contribution in [1.29, 1.82) is 5.41 Å². The molecule has 0 aliphatic heterocycles. The fourth-order valence-corrected chi connectivity index (χ4v) is 1.16. The number of rotatable bonds is 3. The molecule has 0 unspecified atom stereocenters. The molecule has 0 radical (unpaired) electrons. The fourth-order valence-electron chi connectivity index (χ4n) is 1.16. The third kappa shape index (κ3) is 2.18. The van der Waals surface area contributed by atoms with E-state index >= 15 is 0 Å². The fraction of sp³-hybridized carbons (Fsp3) is 0.182. The van der Waals surface area contributed by atoms with Crippen molar-refractivity contribution in [2.45, 2.75) is 13.3 Å². The Morgan fingerprint density at radius 1 is 1.38 bits per heavy atom. The number of benzene rings is 1. The van der Waals surface area contributed by atoms with E-state index in [9.17, 15) is 0 Å². The second kappa shape index (κ2) is 4.45. The normalized spacial score (nSPS) is 11.3. The zero-order chi connectivity index (χ0) is 9.68. The summed E-state index contributed by atoms with van der Waals surface area (Å²) >= 11 is 0. The molecule has 0 aliphatic rings. The van der Waals surface area contributed by atoms with Gasteiger partial charge in [-0.25, -0.2) is 0 Å².